The molecule has 0 aliphatic heterocycles. The van der Waals surface area contributed by atoms with Crippen molar-refractivity contribution in [3.8, 4) is 40.0 Å². The van der Waals surface area contributed by atoms with E-state index >= 15 is 0 Å². The third kappa shape index (κ3) is 3.61. The lowest BCUT2D eigenvalue weighted by molar-refractivity contribution is 1.17. The molecule has 3 aromatic carbocycles. The van der Waals surface area contributed by atoms with Crippen molar-refractivity contribution in [3.05, 3.63) is 94.5 Å². The molecule has 0 fully saturated rings. The molecule has 3 nitrogen and oxygen atoms in total. The fraction of sp³-hybridized carbons (Fsp3) is 0. The van der Waals surface area contributed by atoms with E-state index in [1.807, 2.05) is 60.7 Å². The van der Waals surface area contributed by atoms with E-state index in [1.165, 1.54) is 0 Å². The van der Waals surface area contributed by atoms with Crippen molar-refractivity contribution in [1.29, 1.82) is 5.26 Å². The lowest BCUT2D eigenvalue weighted by atomic mass is 10.00. The predicted molar refractivity (Wildman–Crippen MR) is 113 cm³/mol. The zero-order chi connectivity index (χ0) is 19.5. The number of nitriles is 1. The Morgan fingerprint density at radius 3 is 1.68 bits per heavy atom. The van der Waals surface area contributed by atoms with Gasteiger partial charge in [0.2, 0.25) is 0 Å². The van der Waals surface area contributed by atoms with Crippen molar-refractivity contribution >= 4 is 23.2 Å². The molecule has 5 heteroatoms. The third-order valence-corrected chi connectivity index (χ3v) is 4.67. The van der Waals surface area contributed by atoms with Crippen LogP contribution in [0, 0.1) is 11.3 Å². The monoisotopic (exact) mass is 401 g/mol. The van der Waals surface area contributed by atoms with E-state index in [9.17, 15) is 5.26 Å². The molecule has 0 radical (unpaired) electrons. The molecule has 1 aromatic heterocycles. The van der Waals surface area contributed by atoms with Crippen molar-refractivity contribution in [2.24, 2.45) is 0 Å². The smallest absolute Gasteiger partial charge is 0.160 e. The van der Waals surface area contributed by atoms with E-state index in [4.69, 9.17) is 33.2 Å². The van der Waals surface area contributed by atoms with Crippen LogP contribution in [0.4, 0.5) is 0 Å². The summed E-state index contributed by atoms with van der Waals surface area (Å²) in [4.78, 5) is 9.42. The van der Waals surface area contributed by atoms with E-state index < -0.39 is 0 Å². The van der Waals surface area contributed by atoms with Gasteiger partial charge in [0.05, 0.1) is 11.4 Å². The van der Waals surface area contributed by atoms with Gasteiger partial charge >= 0.3 is 0 Å². The number of aromatic nitrogens is 2. The topological polar surface area (TPSA) is 49.6 Å². The zero-order valence-electron chi connectivity index (χ0n) is 14.6. The van der Waals surface area contributed by atoms with Gasteiger partial charge in [-0.05, 0) is 18.2 Å². The Labute approximate surface area is 172 Å². The molecule has 28 heavy (non-hydrogen) atoms. The van der Waals surface area contributed by atoms with E-state index in [1.54, 1.807) is 18.2 Å². The molecule has 0 bridgehead atoms. The van der Waals surface area contributed by atoms with Crippen molar-refractivity contribution in [3.63, 3.8) is 0 Å². The summed E-state index contributed by atoms with van der Waals surface area (Å²) in [6.07, 6.45) is 0. The lowest BCUT2D eigenvalue weighted by Crippen LogP contribution is -2.01. The standard InChI is InChI=1S/C23H13Cl2N3/c24-18-11-17(12-19(25)13-18)22-20(14-26)21(15-7-3-1-4-8-15)27-23(28-22)16-9-5-2-6-10-16/h1-13H. The largest absolute Gasteiger partial charge is 0.227 e. The number of nitrogens with zero attached hydrogens (tertiary/aromatic N) is 3. The van der Waals surface area contributed by atoms with E-state index in [0.717, 1.165) is 11.1 Å². The average Bonchev–Trinajstić information content (AvgIpc) is 2.73. The van der Waals surface area contributed by atoms with Gasteiger partial charge in [0.25, 0.3) is 0 Å². The molecular formula is C23H13Cl2N3. The number of benzene rings is 3. The molecular weight excluding hydrogens is 389 g/mol. The van der Waals surface area contributed by atoms with Crippen LogP contribution in [-0.4, -0.2) is 9.97 Å². The highest BCUT2D eigenvalue weighted by molar-refractivity contribution is 6.35. The minimum atomic E-state index is 0.379. The first kappa shape index (κ1) is 18.2. The van der Waals surface area contributed by atoms with Crippen molar-refractivity contribution < 1.29 is 0 Å². The SMILES string of the molecule is N#Cc1c(-c2ccccc2)nc(-c2ccccc2)nc1-c1cc(Cl)cc(Cl)c1. The van der Waals surface area contributed by atoms with E-state index in [0.29, 0.717) is 38.4 Å². The third-order valence-electron chi connectivity index (χ3n) is 4.24. The summed E-state index contributed by atoms with van der Waals surface area (Å²) in [5.74, 6) is 0.532. The molecule has 0 saturated heterocycles. The maximum absolute atomic E-state index is 9.93. The van der Waals surface area contributed by atoms with Crippen LogP contribution < -0.4 is 0 Å². The van der Waals surface area contributed by atoms with Crippen LogP contribution in [-0.2, 0) is 0 Å². The molecule has 4 aromatic rings. The molecule has 0 amide bonds. The van der Waals surface area contributed by atoms with Gasteiger partial charge in [-0.1, -0.05) is 83.9 Å². The first-order valence-electron chi connectivity index (χ1n) is 8.55. The summed E-state index contributed by atoms with van der Waals surface area (Å²) in [6, 6.07) is 26.7. The van der Waals surface area contributed by atoms with Gasteiger partial charge in [-0.15, -0.1) is 0 Å². The van der Waals surface area contributed by atoms with Gasteiger partial charge in [-0.3, -0.25) is 0 Å². The Bertz CT molecular complexity index is 1160. The van der Waals surface area contributed by atoms with Crippen molar-refractivity contribution in [2.75, 3.05) is 0 Å². The van der Waals surface area contributed by atoms with Crippen LogP contribution in [0.3, 0.4) is 0 Å². The summed E-state index contributed by atoms with van der Waals surface area (Å²) in [5, 5.41) is 10.9. The minimum absolute atomic E-state index is 0.379. The Balaban J connectivity index is 2.05. The fourth-order valence-electron chi connectivity index (χ4n) is 2.99. The van der Waals surface area contributed by atoms with E-state index in [-0.39, 0.29) is 0 Å². The highest BCUT2D eigenvalue weighted by Crippen LogP contribution is 2.34. The van der Waals surface area contributed by atoms with Gasteiger partial charge in [0.1, 0.15) is 11.6 Å². The maximum Gasteiger partial charge on any atom is 0.160 e. The molecule has 0 atom stereocenters. The second kappa shape index (κ2) is 7.82. The summed E-state index contributed by atoms with van der Waals surface area (Å²) in [6.45, 7) is 0. The summed E-state index contributed by atoms with van der Waals surface area (Å²) in [5.41, 5.74) is 3.82. The van der Waals surface area contributed by atoms with Crippen LogP contribution in [0.1, 0.15) is 5.56 Å². The lowest BCUT2D eigenvalue weighted by Gasteiger charge is -2.12. The Hall–Kier alpha value is -3.19. The summed E-state index contributed by atoms with van der Waals surface area (Å²) >= 11 is 12.4. The van der Waals surface area contributed by atoms with Crippen LogP contribution in [0.15, 0.2) is 78.9 Å². The molecule has 4 rings (SSSR count). The van der Waals surface area contributed by atoms with E-state index in [2.05, 4.69) is 6.07 Å². The first-order valence-corrected chi connectivity index (χ1v) is 9.31. The quantitative estimate of drug-likeness (QED) is 0.385. The summed E-state index contributed by atoms with van der Waals surface area (Å²) in [7, 11) is 0. The molecule has 0 unspecified atom stereocenters. The van der Waals surface area contributed by atoms with Crippen molar-refractivity contribution in [1.82, 2.24) is 9.97 Å². The predicted octanol–water partition coefficient (Wildman–Crippen LogP) is 6.66. The normalized spacial score (nSPS) is 10.5. The Morgan fingerprint density at radius 2 is 1.14 bits per heavy atom. The van der Waals surface area contributed by atoms with Crippen molar-refractivity contribution in [2.45, 2.75) is 0 Å². The second-order valence-corrected chi connectivity index (χ2v) is 6.99. The van der Waals surface area contributed by atoms with Crippen LogP contribution in [0.5, 0.6) is 0 Å². The summed E-state index contributed by atoms with van der Waals surface area (Å²) < 4.78 is 0. The highest BCUT2D eigenvalue weighted by atomic mass is 35.5. The first-order chi connectivity index (χ1) is 13.7. The molecule has 0 aliphatic rings. The van der Waals surface area contributed by atoms with Gasteiger partial charge < -0.3 is 0 Å². The number of hydrogen-bond acceptors (Lipinski definition) is 3. The molecule has 0 N–H and O–H groups in total. The number of hydrogen-bond donors (Lipinski definition) is 0. The van der Waals surface area contributed by atoms with Gasteiger partial charge in [-0.2, -0.15) is 5.26 Å². The molecule has 0 saturated carbocycles. The number of rotatable bonds is 3. The Kier molecular flexibility index (Phi) is 5.08. The molecule has 134 valence electrons. The Morgan fingerprint density at radius 1 is 0.643 bits per heavy atom. The van der Waals surface area contributed by atoms with Crippen LogP contribution in [0.25, 0.3) is 33.9 Å². The van der Waals surface area contributed by atoms with Crippen LogP contribution in [0.2, 0.25) is 10.0 Å². The fourth-order valence-corrected chi connectivity index (χ4v) is 3.51. The molecule has 0 spiro atoms. The second-order valence-electron chi connectivity index (χ2n) is 6.12. The zero-order valence-corrected chi connectivity index (χ0v) is 16.1. The average molecular weight is 402 g/mol. The minimum Gasteiger partial charge on any atom is -0.227 e. The molecule has 1 heterocycles. The maximum atomic E-state index is 9.93. The van der Waals surface area contributed by atoms with Gasteiger partial charge in [0, 0.05) is 26.7 Å². The van der Waals surface area contributed by atoms with Gasteiger partial charge in [-0.25, -0.2) is 9.97 Å². The highest BCUT2D eigenvalue weighted by Gasteiger charge is 2.18. The van der Waals surface area contributed by atoms with Gasteiger partial charge in [0.15, 0.2) is 5.82 Å². The number of halogens is 2. The van der Waals surface area contributed by atoms with Crippen LogP contribution >= 0.6 is 23.2 Å². The molecule has 0 aliphatic carbocycles.